The summed E-state index contributed by atoms with van der Waals surface area (Å²) >= 11 is 0. The molecule has 1 atom stereocenters. The normalized spacial score (nSPS) is 25.3. The molecule has 3 rings (SSSR count). The van der Waals surface area contributed by atoms with Crippen LogP contribution in [0.2, 0.25) is 0 Å². The Balaban J connectivity index is 1.96. The van der Waals surface area contributed by atoms with Crippen LogP contribution in [0.3, 0.4) is 0 Å². The first-order chi connectivity index (χ1) is 9.54. The van der Waals surface area contributed by atoms with Gasteiger partial charge in [0.2, 0.25) is 0 Å². The van der Waals surface area contributed by atoms with Crippen LogP contribution in [0.4, 0.5) is 5.69 Å². The predicted octanol–water partition coefficient (Wildman–Crippen LogP) is 0.739. The molecule has 1 aromatic rings. The number of hydrogen-bond donors (Lipinski definition) is 0. The number of likely N-dealkylation sites (tertiary alicyclic amines) is 1. The largest absolute Gasteiger partial charge is 0.309 e. The van der Waals surface area contributed by atoms with Crippen molar-refractivity contribution in [3.63, 3.8) is 0 Å². The van der Waals surface area contributed by atoms with Crippen LogP contribution in [0.25, 0.3) is 0 Å². The molecule has 0 N–H and O–H groups in total. The van der Waals surface area contributed by atoms with Gasteiger partial charge in [0, 0.05) is 32.7 Å². The van der Waals surface area contributed by atoms with Gasteiger partial charge >= 0.3 is 10.2 Å². The SMILES string of the molecule is CN1c2ccccc2CN([C@@H]2CCN(C#N)C2)S1(=O)=O. The van der Waals surface area contributed by atoms with E-state index in [1.54, 1.807) is 11.9 Å². The van der Waals surface area contributed by atoms with Gasteiger partial charge in [-0.15, -0.1) is 0 Å². The molecule has 1 saturated heterocycles. The topological polar surface area (TPSA) is 67.7 Å². The lowest BCUT2D eigenvalue weighted by atomic mass is 10.1. The highest BCUT2D eigenvalue weighted by molar-refractivity contribution is 7.90. The Morgan fingerprint density at radius 3 is 2.80 bits per heavy atom. The fraction of sp³-hybridized carbons (Fsp3) is 0.462. The van der Waals surface area contributed by atoms with Gasteiger partial charge in [-0.3, -0.25) is 4.31 Å². The van der Waals surface area contributed by atoms with E-state index in [-0.39, 0.29) is 6.04 Å². The fourth-order valence-corrected chi connectivity index (χ4v) is 4.46. The van der Waals surface area contributed by atoms with E-state index in [4.69, 9.17) is 5.26 Å². The van der Waals surface area contributed by atoms with E-state index in [1.807, 2.05) is 24.3 Å². The van der Waals surface area contributed by atoms with Crippen molar-refractivity contribution in [2.24, 2.45) is 0 Å². The van der Waals surface area contributed by atoms with Gasteiger partial charge in [-0.05, 0) is 18.1 Å². The van der Waals surface area contributed by atoms with E-state index < -0.39 is 10.2 Å². The molecule has 7 heteroatoms. The number of rotatable bonds is 1. The summed E-state index contributed by atoms with van der Waals surface area (Å²) in [6.45, 7) is 1.48. The third-order valence-electron chi connectivity index (χ3n) is 4.01. The highest BCUT2D eigenvalue weighted by atomic mass is 32.2. The molecule has 0 unspecified atom stereocenters. The molecular weight excluding hydrogens is 276 g/mol. The summed E-state index contributed by atoms with van der Waals surface area (Å²) in [7, 11) is -1.92. The highest BCUT2D eigenvalue weighted by Crippen LogP contribution is 2.33. The van der Waals surface area contributed by atoms with Gasteiger partial charge in [0.05, 0.1) is 5.69 Å². The number of nitrogens with zero attached hydrogens (tertiary/aromatic N) is 4. The van der Waals surface area contributed by atoms with Crippen LogP contribution >= 0.6 is 0 Å². The molecule has 2 aliphatic heterocycles. The van der Waals surface area contributed by atoms with Crippen molar-refractivity contribution in [3.05, 3.63) is 29.8 Å². The zero-order valence-electron chi connectivity index (χ0n) is 11.2. The van der Waals surface area contributed by atoms with E-state index in [1.165, 1.54) is 8.61 Å². The van der Waals surface area contributed by atoms with Crippen LogP contribution in [0.15, 0.2) is 24.3 Å². The molecule has 0 radical (unpaired) electrons. The minimum atomic E-state index is -3.50. The Morgan fingerprint density at radius 2 is 2.10 bits per heavy atom. The first-order valence-electron chi connectivity index (χ1n) is 6.52. The van der Waals surface area contributed by atoms with Crippen molar-refractivity contribution in [3.8, 4) is 6.19 Å². The molecule has 1 fully saturated rings. The maximum Gasteiger partial charge on any atom is 0.304 e. The molecule has 1 aromatic carbocycles. The van der Waals surface area contributed by atoms with Crippen LogP contribution in [-0.4, -0.2) is 43.8 Å². The summed E-state index contributed by atoms with van der Waals surface area (Å²) in [6.07, 6.45) is 2.79. The lowest BCUT2D eigenvalue weighted by Crippen LogP contribution is -2.50. The van der Waals surface area contributed by atoms with Crippen molar-refractivity contribution in [1.29, 1.82) is 5.26 Å². The summed E-state index contributed by atoms with van der Waals surface area (Å²) in [4.78, 5) is 1.61. The quantitative estimate of drug-likeness (QED) is 0.716. The van der Waals surface area contributed by atoms with Crippen LogP contribution in [0.1, 0.15) is 12.0 Å². The smallest absolute Gasteiger partial charge is 0.304 e. The second-order valence-electron chi connectivity index (χ2n) is 5.14. The first-order valence-corrected chi connectivity index (χ1v) is 7.92. The van der Waals surface area contributed by atoms with Gasteiger partial charge in [0.1, 0.15) is 0 Å². The number of hydrogen-bond acceptors (Lipinski definition) is 4. The van der Waals surface area contributed by atoms with E-state index in [0.29, 0.717) is 26.1 Å². The monoisotopic (exact) mass is 292 g/mol. The zero-order valence-corrected chi connectivity index (χ0v) is 12.0. The highest BCUT2D eigenvalue weighted by Gasteiger charge is 2.40. The molecular formula is C13H16N4O2S. The molecule has 0 bridgehead atoms. The van der Waals surface area contributed by atoms with E-state index >= 15 is 0 Å². The van der Waals surface area contributed by atoms with Gasteiger partial charge in [0.15, 0.2) is 6.19 Å². The first kappa shape index (κ1) is 13.2. The molecule has 20 heavy (non-hydrogen) atoms. The summed E-state index contributed by atoms with van der Waals surface area (Å²) in [5.41, 5.74) is 1.74. The molecule has 2 aliphatic rings. The molecule has 0 aromatic heterocycles. The maximum absolute atomic E-state index is 12.6. The van der Waals surface area contributed by atoms with Crippen LogP contribution in [0, 0.1) is 11.5 Å². The van der Waals surface area contributed by atoms with E-state index in [9.17, 15) is 8.42 Å². The van der Waals surface area contributed by atoms with Gasteiger partial charge < -0.3 is 4.90 Å². The van der Waals surface area contributed by atoms with E-state index in [0.717, 1.165) is 11.3 Å². The molecule has 0 spiro atoms. The molecule has 0 aliphatic carbocycles. The predicted molar refractivity (Wildman–Crippen MR) is 74.9 cm³/mol. The van der Waals surface area contributed by atoms with Gasteiger partial charge in [-0.1, -0.05) is 18.2 Å². The Morgan fingerprint density at radius 1 is 1.35 bits per heavy atom. The Kier molecular flexibility index (Phi) is 3.07. The molecule has 0 amide bonds. The van der Waals surface area contributed by atoms with Crippen molar-refractivity contribution in [1.82, 2.24) is 9.21 Å². The lowest BCUT2D eigenvalue weighted by molar-refractivity contribution is 0.309. The lowest BCUT2D eigenvalue weighted by Gasteiger charge is -2.38. The minimum absolute atomic E-state index is 0.129. The zero-order chi connectivity index (χ0) is 14.3. The number of para-hydroxylation sites is 1. The Labute approximate surface area is 119 Å². The van der Waals surface area contributed by atoms with Gasteiger partial charge in [-0.25, -0.2) is 0 Å². The molecule has 6 nitrogen and oxygen atoms in total. The van der Waals surface area contributed by atoms with Crippen LogP contribution in [-0.2, 0) is 16.8 Å². The average Bonchev–Trinajstić information content (AvgIpc) is 2.91. The Hall–Kier alpha value is -1.78. The van der Waals surface area contributed by atoms with E-state index in [2.05, 4.69) is 6.19 Å². The van der Waals surface area contributed by atoms with Crippen molar-refractivity contribution < 1.29 is 8.42 Å². The summed E-state index contributed by atoms with van der Waals surface area (Å²) in [5.74, 6) is 0. The van der Waals surface area contributed by atoms with Gasteiger partial charge in [0.25, 0.3) is 0 Å². The standard InChI is InChI=1S/C13H16N4O2S/c1-15-13-5-3-2-4-11(13)8-17(20(15,18)19)12-6-7-16(9-12)10-14/h2-5,12H,6-9H2,1H3/t12-/m1/s1. The molecule has 106 valence electrons. The molecule has 2 heterocycles. The van der Waals surface area contributed by atoms with Crippen molar-refractivity contribution >= 4 is 15.9 Å². The van der Waals surface area contributed by atoms with Crippen LogP contribution < -0.4 is 4.31 Å². The maximum atomic E-state index is 12.6. The fourth-order valence-electron chi connectivity index (χ4n) is 2.87. The van der Waals surface area contributed by atoms with Crippen molar-refractivity contribution in [2.45, 2.75) is 19.0 Å². The van der Waals surface area contributed by atoms with Crippen molar-refractivity contribution in [2.75, 3.05) is 24.4 Å². The second-order valence-corrected chi connectivity index (χ2v) is 7.05. The average molecular weight is 292 g/mol. The van der Waals surface area contributed by atoms with Crippen LogP contribution in [0.5, 0.6) is 0 Å². The summed E-state index contributed by atoms with van der Waals surface area (Å²) in [5, 5.41) is 8.92. The number of fused-ring (bicyclic) bond motifs is 1. The number of anilines is 1. The van der Waals surface area contributed by atoms with Gasteiger partial charge in [-0.2, -0.15) is 18.0 Å². The summed E-state index contributed by atoms with van der Waals surface area (Å²) < 4.78 is 28.1. The third kappa shape index (κ3) is 1.92. The Bertz CT molecular complexity index is 667. The number of nitriles is 1. The number of benzene rings is 1. The third-order valence-corrected chi connectivity index (χ3v) is 5.92. The summed E-state index contributed by atoms with van der Waals surface area (Å²) in [6, 6.07) is 7.40. The minimum Gasteiger partial charge on any atom is -0.309 e. The molecule has 0 saturated carbocycles. The second kappa shape index (κ2) is 4.65.